The highest BCUT2D eigenvalue weighted by atomic mass is 35.5. The second-order valence-electron chi connectivity index (χ2n) is 3.74. The first-order valence-corrected chi connectivity index (χ1v) is 7.20. The van der Waals surface area contributed by atoms with Crippen LogP contribution in [0, 0.1) is 0 Å². The van der Waals surface area contributed by atoms with E-state index in [1.165, 1.54) is 0 Å². The molecule has 1 aromatic heterocycles. The number of halogens is 1. The van der Waals surface area contributed by atoms with Crippen LogP contribution in [0.15, 0.2) is 54.2 Å². The maximum Gasteiger partial charge on any atom is 0.135 e. The van der Waals surface area contributed by atoms with Crippen molar-refractivity contribution >= 4 is 28.9 Å². The molecule has 2 nitrogen and oxygen atoms in total. The van der Waals surface area contributed by atoms with Gasteiger partial charge in [0.1, 0.15) is 11.2 Å². The molecular weight excluding hydrogens is 266 g/mol. The van der Waals surface area contributed by atoms with Crippen LogP contribution >= 0.6 is 11.6 Å². The maximum absolute atomic E-state index is 11.8. The lowest BCUT2D eigenvalue weighted by molar-refractivity contribution is 0.603. The Balaban J connectivity index is 1.94. The van der Waals surface area contributed by atoms with E-state index in [0.717, 1.165) is 11.1 Å². The summed E-state index contributed by atoms with van der Waals surface area (Å²) in [6.07, 6.45) is 5.26. The Morgan fingerprint density at radius 2 is 2.00 bits per heavy atom. The number of hydrogen-bond acceptors (Lipinski definition) is 2. The summed E-state index contributed by atoms with van der Waals surface area (Å²) in [6, 6.07) is 11.2. The average molecular weight is 278 g/mol. The van der Waals surface area contributed by atoms with E-state index in [0.29, 0.717) is 10.8 Å². The molecule has 0 aliphatic carbocycles. The molecule has 0 N–H and O–H groups in total. The van der Waals surface area contributed by atoms with Crippen molar-refractivity contribution in [2.75, 3.05) is 0 Å². The van der Waals surface area contributed by atoms with Crippen LogP contribution in [-0.2, 0) is 16.9 Å². The molecule has 1 heterocycles. The lowest BCUT2D eigenvalue weighted by Gasteiger charge is -2.05. The number of hydrogen-bond donors (Lipinski definition) is 0. The lowest BCUT2D eigenvalue weighted by Crippen LogP contribution is -1.99. The third kappa shape index (κ3) is 4.18. The van der Waals surface area contributed by atoms with Gasteiger partial charge >= 0.3 is 0 Å². The Hall–Kier alpha value is -1.29. The van der Waals surface area contributed by atoms with Crippen molar-refractivity contribution in [3.8, 4) is 0 Å². The molecule has 0 bridgehead atoms. The van der Waals surface area contributed by atoms with E-state index in [1.54, 1.807) is 29.9 Å². The lowest BCUT2D eigenvalue weighted by atomic mass is 10.2. The van der Waals surface area contributed by atoms with E-state index in [1.807, 2.05) is 30.3 Å². The monoisotopic (exact) mass is 277 g/mol. The minimum atomic E-state index is -1.03. The van der Waals surface area contributed by atoms with E-state index >= 15 is 0 Å². The molecule has 0 saturated heterocycles. The van der Waals surface area contributed by atoms with Gasteiger partial charge in [-0.15, -0.1) is 0 Å². The van der Waals surface area contributed by atoms with Crippen LogP contribution in [0.1, 0.15) is 11.1 Å². The van der Waals surface area contributed by atoms with Crippen LogP contribution in [-0.4, -0.2) is 9.54 Å². The number of nitrogens with zero attached hydrogens (tertiary/aromatic N) is 1. The van der Waals surface area contributed by atoms with E-state index in [9.17, 15) is 4.55 Å². The van der Waals surface area contributed by atoms with Crippen LogP contribution in [0.5, 0.6) is 0 Å². The molecule has 2 aromatic rings. The van der Waals surface area contributed by atoms with Gasteiger partial charge in [-0.3, -0.25) is 4.98 Å². The van der Waals surface area contributed by atoms with Gasteiger partial charge in [-0.05, 0) is 41.0 Å². The van der Waals surface area contributed by atoms with Gasteiger partial charge < -0.3 is 4.55 Å². The van der Waals surface area contributed by atoms with Crippen LogP contribution in [0.3, 0.4) is 0 Å². The van der Waals surface area contributed by atoms with Gasteiger partial charge in [0.05, 0.1) is 0 Å². The van der Waals surface area contributed by atoms with Gasteiger partial charge in [0.15, 0.2) is 0 Å². The van der Waals surface area contributed by atoms with E-state index in [4.69, 9.17) is 11.6 Å². The Bertz CT molecular complexity index is 513. The van der Waals surface area contributed by atoms with E-state index < -0.39 is 11.2 Å². The summed E-state index contributed by atoms with van der Waals surface area (Å²) in [5.74, 6) is 0.494. The largest absolute Gasteiger partial charge is 0.612 e. The van der Waals surface area contributed by atoms with E-state index in [-0.39, 0.29) is 0 Å². The van der Waals surface area contributed by atoms with Crippen molar-refractivity contribution < 1.29 is 4.55 Å². The molecule has 1 atom stereocenters. The summed E-state index contributed by atoms with van der Waals surface area (Å²) in [5.41, 5.74) is 1.95. The molecule has 0 aliphatic heterocycles. The van der Waals surface area contributed by atoms with Gasteiger partial charge in [0.25, 0.3) is 0 Å². The number of benzene rings is 1. The molecule has 92 valence electrons. The topological polar surface area (TPSA) is 36.0 Å². The standard InChI is InChI=1S/C14H12ClNOS/c15-14-5-3-13(4-6-14)11-18(17)9-7-12-2-1-8-16-10-12/h1-10H,11H2. The molecule has 2 rings (SSSR count). The Morgan fingerprint density at radius 1 is 1.22 bits per heavy atom. The summed E-state index contributed by atoms with van der Waals surface area (Å²) < 4.78 is 11.8. The summed E-state index contributed by atoms with van der Waals surface area (Å²) >= 11 is 4.76. The van der Waals surface area contributed by atoms with Crippen LogP contribution < -0.4 is 0 Å². The molecule has 0 aliphatic rings. The minimum absolute atomic E-state index is 0.494. The van der Waals surface area contributed by atoms with Gasteiger partial charge in [0, 0.05) is 23.0 Å². The van der Waals surface area contributed by atoms with E-state index in [2.05, 4.69) is 4.98 Å². The quantitative estimate of drug-likeness (QED) is 0.800. The predicted molar refractivity (Wildman–Crippen MR) is 76.6 cm³/mol. The molecule has 0 fully saturated rings. The van der Waals surface area contributed by atoms with Crippen LogP contribution in [0.4, 0.5) is 0 Å². The fraction of sp³-hybridized carbons (Fsp3) is 0.0714. The molecule has 0 radical (unpaired) electrons. The molecule has 1 aromatic carbocycles. The fourth-order valence-corrected chi connectivity index (χ4v) is 2.47. The Labute approximate surface area is 115 Å². The van der Waals surface area contributed by atoms with Crippen LogP contribution in [0.2, 0.25) is 5.02 Å². The smallest absolute Gasteiger partial charge is 0.135 e. The van der Waals surface area contributed by atoms with Gasteiger partial charge in [0.2, 0.25) is 0 Å². The first-order valence-electron chi connectivity index (χ1n) is 5.44. The summed E-state index contributed by atoms with van der Waals surface area (Å²) in [6.45, 7) is 0. The van der Waals surface area contributed by atoms with Crippen LogP contribution in [0.25, 0.3) is 6.08 Å². The number of pyridine rings is 1. The molecule has 0 amide bonds. The molecular formula is C14H12ClNOS. The Kier molecular flexibility index (Phi) is 4.81. The third-order valence-electron chi connectivity index (χ3n) is 2.32. The van der Waals surface area contributed by atoms with Crippen molar-refractivity contribution in [3.05, 3.63) is 70.3 Å². The molecule has 18 heavy (non-hydrogen) atoms. The summed E-state index contributed by atoms with van der Waals surface area (Å²) in [7, 11) is 0. The molecule has 0 spiro atoms. The van der Waals surface area contributed by atoms with Gasteiger partial charge in [-0.2, -0.15) is 0 Å². The normalized spacial score (nSPS) is 12.8. The fourth-order valence-electron chi connectivity index (χ4n) is 1.42. The zero-order valence-electron chi connectivity index (χ0n) is 9.62. The van der Waals surface area contributed by atoms with Gasteiger partial charge in [-0.1, -0.05) is 29.8 Å². The van der Waals surface area contributed by atoms with Gasteiger partial charge in [-0.25, -0.2) is 0 Å². The predicted octanol–water partition coefficient (Wildman–Crippen LogP) is 3.65. The van der Waals surface area contributed by atoms with Crippen molar-refractivity contribution in [2.45, 2.75) is 5.75 Å². The highest BCUT2D eigenvalue weighted by Crippen LogP contribution is 2.13. The first-order chi connectivity index (χ1) is 8.74. The zero-order chi connectivity index (χ0) is 12.8. The van der Waals surface area contributed by atoms with Crippen molar-refractivity contribution in [1.29, 1.82) is 0 Å². The molecule has 1 unspecified atom stereocenters. The maximum atomic E-state index is 11.8. The number of aromatic nitrogens is 1. The van der Waals surface area contributed by atoms with Crippen molar-refractivity contribution in [2.24, 2.45) is 0 Å². The minimum Gasteiger partial charge on any atom is -0.612 e. The molecule has 0 saturated carbocycles. The molecule has 4 heteroatoms. The second kappa shape index (κ2) is 6.59. The zero-order valence-corrected chi connectivity index (χ0v) is 11.2. The first kappa shape index (κ1) is 13.1. The Morgan fingerprint density at radius 3 is 2.67 bits per heavy atom. The number of rotatable bonds is 4. The SMILES string of the molecule is [O-][S+](C=Cc1cccnc1)Cc1ccc(Cl)cc1. The van der Waals surface area contributed by atoms with Crippen molar-refractivity contribution in [1.82, 2.24) is 4.98 Å². The average Bonchev–Trinajstić information content (AvgIpc) is 2.40. The summed E-state index contributed by atoms with van der Waals surface area (Å²) in [5, 5.41) is 2.38. The summed E-state index contributed by atoms with van der Waals surface area (Å²) in [4.78, 5) is 3.99. The third-order valence-corrected chi connectivity index (χ3v) is 3.63. The highest BCUT2D eigenvalue weighted by molar-refractivity contribution is 7.93. The second-order valence-corrected chi connectivity index (χ2v) is 5.50. The van der Waals surface area contributed by atoms with Crippen molar-refractivity contribution in [3.63, 3.8) is 0 Å². The highest BCUT2D eigenvalue weighted by Gasteiger charge is 2.03.